The molecule has 5 heteroatoms. The monoisotopic (exact) mass is 336 g/mol. The first-order valence-corrected chi connectivity index (χ1v) is 8.88. The van der Waals surface area contributed by atoms with Gasteiger partial charge in [0.2, 0.25) is 0 Å². The lowest BCUT2D eigenvalue weighted by Gasteiger charge is -2.26. The predicted octanol–water partition coefficient (Wildman–Crippen LogP) is 2.82. The molecule has 1 aliphatic heterocycles. The predicted molar refractivity (Wildman–Crippen MR) is 99.6 cm³/mol. The van der Waals surface area contributed by atoms with Gasteiger partial charge in [0.25, 0.3) is 0 Å². The number of aryl methyl sites for hydroxylation is 2. The van der Waals surface area contributed by atoms with Crippen LogP contribution in [-0.2, 0) is 18.2 Å². The zero-order valence-corrected chi connectivity index (χ0v) is 14.9. The van der Waals surface area contributed by atoms with Gasteiger partial charge in [-0.2, -0.15) is 0 Å². The Balaban J connectivity index is 1.58. The summed E-state index contributed by atoms with van der Waals surface area (Å²) >= 11 is 0. The van der Waals surface area contributed by atoms with Crippen LogP contribution in [0.25, 0.3) is 22.3 Å². The van der Waals surface area contributed by atoms with Crippen LogP contribution in [0.3, 0.4) is 0 Å². The summed E-state index contributed by atoms with van der Waals surface area (Å²) in [6.45, 7) is 7.06. The van der Waals surface area contributed by atoms with E-state index in [0.29, 0.717) is 0 Å². The van der Waals surface area contributed by atoms with Gasteiger partial charge in [-0.15, -0.1) is 0 Å². The molecule has 2 aromatic heterocycles. The fourth-order valence-electron chi connectivity index (χ4n) is 3.44. The highest BCUT2D eigenvalue weighted by Crippen LogP contribution is 2.25. The topological polar surface area (TPSA) is 43.2 Å². The van der Waals surface area contributed by atoms with Crippen molar-refractivity contribution < 1.29 is 4.74 Å². The highest BCUT2D eigenvalue weighted by Gasteiger charge is 2.11. The molecule has 0 atom stereocenters. The number of ether oxygens (including phenoxy) is 1. The molecular formula is C20H24N4O. The van der Waals surface area contributed by atoms with E-state index in [-0.39, 0.29) is 0 Å². The molecule has 1 fully saturated rings. The molecule has 3 heterocycles. The average Bonchev–Trinajstić information content (AvgIpc) is 3.07. The number of hydrogen-bond donors (Lipinski definition) is 0. The van der Waals surface area contributed by atoms with E-state index in [1.54, 1.807) is 0 Å². The first-order chi connectivity index (χ1) is 12.2. The van der Waals surface area contributed by atoms with E-state index >= 15 is 0 Å². The third-order valence-corrected chi connectivity index (χ3v) is 4.98. The van der Waals surface area contributed by atoms with Crippen molar-refractivity contribution in [1.29, 1.82) is 0 Å². The van der Waals surface area contributed by atoms with Crippen LogP contribution in [0.15, 0.2) is 36.8 Å². The van der Waals surface area contributed by atoms with E-state index in [1.807, 2.05) is 24.1 Å². The van der Waals surface area contributed by atoms with Crippen molar-refractivity contribution >= 4 is 10.9 Å². The average molecular weight is 336 g/mol. The van der Waals surface area contributed by atoms with Crippen LogP contribution in [-0.4, -0.2) is 52.3 Å². The van der Waals surface area contributed by atoms with Crippen molar-refractivity contribution in [2.45, 2.75) is 13.3 Å². The second-order valence-electron chi connectivity index (χ2n) is 6.77. The van der Waals surface area contributed by atoms with Crippen LogP contribution in [0.1, 0.15) is 11.1 Å². The van der Waals surface area contributed by atoms with E-state index in [1.165, 1.54) is 16.5 Å². The summed E-state index contributed by atoms with van der Waals surface area (Å²) in [5.41, 5.74) is 5.70. The summed E-state index contributed by atoms with van der Waals surface area (Å²) in [6.07, 6.45) is 4.74. The van der Waals surface area contributed by atoms with Crippen LogP contribution in [0, 0.1) is 6.92 Å². The number of fused-ring (bicyclic) bond motifs is 1. The van der Waals surface area contributed by atoms with E-state index in [2.05, 4.69) is 41.1 Å². The van der Waals surface area contributed by atoms with Crippen LogP contribution in [0.2, 0.25) is 0 Å². The van der Waals surface area contributed by atoms with Crippen molar-refractivity contribution in [2.24, 2.45) is 7.05 Å². The van der Waals surface area contributed by atoms with E-state index < -0.39 is 0 Å². The maximum absolute atomic E-state index is 5.42. The van der Waals surface area contributed by atoms with Gasteiger partial charge < -0.3 is 9.30 Å². The summed E-state index contributed by atoms with van der Waals surface area (Å²) in [4.78, 5) is 11.5. The molecular weight excluding hydrogens is 312 g/mol. The Morgan fingerprint density at radius 3 is 2.76 bits per heavy atom. The molecule has 0 amide bonds. The Morgan fingerprint density at radius 2 is 2.00 bits per heavy atom. The Kier molecular flexibility index (Phi) is 4.51. The van der Waals surface area contributed by atoms with Crippen molar-refractivity contribution in [3.05, 3.63) is 47.9 Å². The molecule has 1 saturated heterocycles. The molecule has 130 valence electrons. The van der Waals surface area contributed by atoms with Gasteiger partial charge >= 0.3 is 0 Å². The number of nitrogens with zero attached hydrogens (tertiary/aromatic N) is 4. The third kappa shape index (κ3) is 3.43. The second kappa shape index (κ2) is 6.94. The molecule has 0 spiro atoms. The van der Waals surface area contributed by atoms with Crippen LogP contribution >= 0.6 is 0 Å². The number of pyridine rings is 1. The molecule has 25 heavy (non-hydrogen) atoms. The van der Waals surface area contributed by atoms with Crippen LogP contribution < -0.4 is 0 Å². The molecule has 1 aromatic carbocycles. The summed E-state index contributed by atoms with van der Waals surface area (Å²) in [5, 5.41) is 1.24. The molecule has 0 unspecified atom stereocenters. The zero-order chi connectivity index (χ0) is 17.2. The number of benzene rings is 1. The molecule has 3 aromatic rings. The van der Waals surface area contributed by atoms with Crippen LogP contribution in [0.4, 0.5) is 0 Å². The minimum absolute atomic E-state index is 0.859. The lowest BCUT2D eigenvalue weighted by Crippen LogP contribution is -2.37. The van der Waals surface area contributed by atoms with Crippen LogP contribution in [0.5, 0.6) is 0 Å². The Bertz CT molecular complexity index is 881. The first-order valence-electron chi connectivity index (χ1n) is 8.88. The fraction of sp³-hybridized carbons (Fsp3) is 0.400. The van der Waals surface area contributed by atoms with Gasteiger partial charge in [0.05, 0.1) is 42.6 Å². The largest absolute Gasteiger partial charge is 0.379 e. The van der Waals surface area contributed by atoms with Crippen molar-refractivity contribution in [2.75, 3.05) is 32.8 Å². The minimum atomic E-state index is 0.859. The third-order valence-electron chi connectivity index (χ3n) is 4.98. The van der Waals surface area contributed by atoms with Gasteiger partial charge in [-0.25, -0.2) is 9.97 Å². The fourth-order valence-corrected chi connectivity index (χ4v) is 3.44. The second-order valence-corrected chi connectivity index (χ2v) is 6.77. The molecule has 1 aliphatic rings. The molecule has 0 N–H and O–H groups in total. The molecule has 4 rings (SSSR count). The molecule has 5 nitrogen and oxygen atoms in total. The lowest BCUT2D eigenvalue weighted by atomic mass is 10.0. The maximum Gasteiger partial charge on any atom is 0.0948 e. The van der Waals surface area contributed by atoms with Crippen molar-refractivity contribution in [1.82, 2.24) is 19.4 Å². The number of hydrogen-bond acceptors (Lipinski definition) is 4. The first kappa shape index (κ1) is 16.2. The van der Waals surface area contributed by atoms with Gasteiger partial charge in [-0.05, 0) is 42.7 Å². The Hall–Kier alpha value is -2.24. The number of morpholine rings is 1. The Labute approximate surface area is 148 Å². The van der Waals surface area contributed by atoms with E-state index in [9.17, 15) is 0 Å². The smallest absolute Gasteiger partial charge is 0.0948 e. The molecule has 0 saturated carbocycles. The number of imidazole rings is 1. The highest BCUT2D eigenvalue weighted by atomic mass is 16.5. The summed E-state index contributed by atoms with van der Waals surface area (Å²) in [5.74, 6) is 0. The SMILES string of the molecule is Cc1cc(-c2cncn2C)nc2ccc(CCN3CCOCC3)cc12. The molecule has 0 bridgehead atoms. The van der Waals surface area contributed by atoms with Gasteiger partial charge in [0, 0.05) is 32.1 Å². The normalized spacial score (nSPS) is 15.8. The minimum Gasteiger partial charge on any atom is -0.379 e. The van der Waals surface area contributed by atoms with Crippen molar-refractivity contribution in [3.8, 4) is 11.4 Å². The highest BCUT2D eigenvalue weighted by molar-refractivity contribution is 5.85. The van der Waals surface area contributed by atoms with E-state index in [0.717, 1.165) is 56.2 Å². The van der Waals surface area contributed by atoms with Gasteiger partial charge in [0.1, 0.15) is 0 Å². The van der Waals surface area contributed by atoms with Gasteiger partial charge in [0.15, 0.2) is 0 Å². The van der Waals surface area contributed by atoms with E-state index in [4.69, 9.17) is 9.72 Å². The summed E-state index contributed by atoms with van der Waals surface area (Å²) in [7, 11) is 2.00. The molecule has 0 radical (unpaired) electrons. The van der Waals surface area contributed by atoms with Gasteiger partial charge in [-0.3, -0.25) is 4.90 Å². The Morgan fingerprint density at radius 1 is 1.16 bits per heavy atom. The summed E-state index contributed by atoms with van der Waals surface area (Å²) < 4.78 is 7.42. The van der Waals surface area contributed by atoms with Crippen molar-refractivity contribution in [3.63, 3.8) is 0 Å². The zero-order valence-electron chi connectivity index (χ0n) is 14.9. The number of rotatable bonds is 4. The quantitative estimate of drug-likeness (QED) is 0.735. The lowest BCUT2D eigenvalue weighted by molar-refractivity contribution is 0.0384. The standard InChI is InChI=1S/C20H24N4O/c1-15-11-19(20-13-21-14-23(20)2)22-18-4-3-16(12-17(15)18)5-6-24-7-9-25-10-8-24/h3-4,11-14H,5-10H2,1-2H3. The molecule has 0 aliphatic carbocycles. The summed E-state index contributed by atoms with van der Waals surface area (Å²) in [6, 6.07) is 8.81. The maximum atomic E-state index is 5.42. The number of aromatic nitrogens is 3. The van der Waals surface area contributed by atoms with Gasteiger partial charge in [-0.1, -0.05) is 6.07 Å².